The minimum atomic E-state index is -1.06. The van der Waals surface area contributed by atoms with Crippen molar-refractivity contribution in [2.24, 2.45) is 0 Å². The molecule has 8 nitrogen and oxygen atoms in total. The Labute approximate surface area is 196 Å². The zero-order valence-electron chi connectivity index (χ0n) is 18.8. The van der Waals surface area contributed by atoms with E-state index in [0.717, 1.165) is 0 Å². The third-order valence-corrected chi connectivity index (χ3v) is 5.66. The Morgan fingerprint density at radius 1 is 0.853 bits per heavy atom. The highest BCUT2D eigenvalue weighted by atomic mass is 16.5. The second kappa shape index (κ2) is 9.19. The molecule has 1 atom stereocenters. The van der Waals surface area contributed by atoms with Crippen LogP contribution in [0.4, 0.5) is 5.69 Å². The number of amides is 1. The van der Waals surface area contributed by atoms with Crippen molar-refractivity contribution < 1.29 is 34.0 Å². The molecule has 0 spiro atoms. The Kier molecular flexibility index (Phi) is 6.14. The fourth-order valence-electron chi connectivity index (χ4n) is 4.10. The first-order valence-electron chi connectivity index (χ1n) is 10.4. The van der Waals surface area contributed by atoms with Gasteiger partial charge in [-0.3, -0.25) is 14.5 Å². The molecule has 4 rings (SSSR count). The molecule has 174 valence electrons. The summed E-state index contributed by atoms with van der Waals surface area (Å²) in [6, 6.07) is 16.8. The number of anilines is 1. The van der Waals surface area contributed by atoms with Gasteiger partial charge in [-0.05, 0) is 42.0 Å². The van der Waals surface area contributed by atoms with Crippen LogP contribution in [-0.2, 0) is 9.59 Å². The fraction of sp³-hybridized carbons (Fsp3) is 0.154. The zero-order chi connectivity index (χ0) is 24.4. The van der Waals surface area contributed by atoms with Crippen molar-refractivity contribution in [3.8, 4) is 23.0 Å². The molecule has 0 saturated carbocycles. The molecule has 1 aliphatic heterocycles. The van der Waals surface area contributed by atoms with Crippen LogP contribution in [-0.4, -0.2) is 43.2 Å². The molecule has 2 N–H and O–H groups in total. The first kappa shape index (κ1) is 22.7. The average Bonchev–Trinajstić information content (AvgIpc) is 3.13. The van der Waals surface area contributed by atoms with Crippen LogP contribution in [0.5, 0.6) is 23.0 Å². The van der Waals surface area contributed by atoms with Gasteiger partial charge in [-0.15, -0.1) is 0 Å². The minimum absolute atomic E-state index is 0.128. The van der Waals surface area contributed by atoms with Gasteiger partial charge in [-0.25, -0.2) is 0 Å². The number of carbonyl (C=O) groups excluding carboxylic acids is 2. The van der Waals surface area contributed by atoms with Crippen molar-refractivity contribution in [2.45, 2.75) is 6.04 Å². The number of ketones is 1. The van der Waals surface area contributed by atoms with Crippen molar-refractivity contribution in [1.82, 2.24) is 0 Å². The maximum atomic E-state index is 13.3. The van der Waals surface area contributed by atoms with E-state index >= 15 is 0 Å². The number of aliphatic hydroxyl groups is 1. The topological polar surface area (TPSA) is 106 Å². The molecule has 0 radical (unpaired) electrons. The van der Waals surface area contributed by atoms with Crippen LogP contribution in [0.3, 0.4) is 0 Å². The highest BCUT2D eigenvalue weighted by molar-refractivity contribution is 6.52. The Balaban J connectivity index is 2.04. The number of ether oxygens (including phenoxy) is 3. The van der Waals surface area contributed by atoms with Crippen molar-refractivity contribution in [3.05, 3.63) is 83.4 Å². The number of benzene rings is 3. The summed E-state index contributed by atoms with van der Waals surface area (Å²) >= 11 is 0. The number of phenols is 1. The molecule has 1 fully saturated rings. The van der Waals surface area contributed by atoms with Gasteiger partial charge in [0, 0.05) is 0 Å². The summed E-state index contributed by atoms with van der Waals surface area (Å²) in [5.41, 5.74) is 0.584. The Hall–Kier alpha value is -4.46. The lowest BCUT2D eigenvalue weighted by Crippen LogP contribution is -2.29. The molecular formula is C26H23NO7. The summed E-state index contributed by atoms with van der Waals surface area (Å²) in [6.07, 6.45) is 0. The highest BCUT2D eigenvalue weighted by Crippen LogP contribution is 2.47. The van der Waals surface area contributed by atoms with Gasteiger partial charge in [0.25, 0.3) is 11.7 Å². The van der Waals surface area contributed by atoms with E-state index in [1.807, 2.05) is 0 Å². The van der Waals surface area contributed by atoms with Gasteiger partial charge in [0.1, 0.15) is 34.3 Å². The number of carbonyl (C=O) groups is 2. The number of para-hydroxylation sites is 2. The predicted octanol–water partition coefficient (Wildman–Crippen LogP) is 4.04. The van der Waals surface area contributed by atoms with Crippen LogP contribution >= 0.6 is 0 Å². The van der Waals surface area contributed by atoms with Gasteiger partial charge in [0.05, 0.1) is 38.6 Å². The molecule has 1 amide bonds. The van der Waals surface area contributed by atoms with E-state index in [1.165, 1.54) is 38.4 Å². The number of rotatable bonds is 6. The minimum Gasteiger partial charge on any atom is -0.506 e. The van der Waals surface area contributed by atoms with Crippen molar-refractivity contribution in [1.29, 1.82) is 0 Å². The Bertz CT molecular complexity index is 1280. The van der Waals surface area contributed by atoms with Crippen molar-refractivity contribution in [3.63, 3.8) is 0 Å². The van der Waals surface area contributed by atoms with Crippen LogP contribution in [0.25, 0.3) is 5.76 Å². The van der Waals surface area contributed by atoms with Gasteiger partial charge < -0.3 is 24.4 Å². The average molecular weight is 461 g/mol. The molecule has 1 heterocycles. The molecule has 3 aromatic carbocycles. The van der Waals surface area contributed by atoms with E-state index in [9.17, 15) is 19.8 Å². The monoisotopic (exact) mass is 461 g/mol. The smallest absolute Gasteiger partial charge is 0.300 e. The maximum Gasteiger partial charge on any atom is 0.300 e. The standard InChI is InChI=1S/C26H23NO7/c1-32-16-9-6-8-15(14-16)23-22(24(29)21-19(33-2)12-7-13-20(21)34-3)25(30)26(31)27(23)17-10-4-5-11-18(17)28/h4-14,23,28-29H,1-3H3/b24-22+. The van der Waals surface area contributed by atoms with Gasteiger partial charge >= 0.3 is 0 Å². The van der Waals surface area contributed by atoms with E-state index in [1.54, 1.807) is 54.6 Å². The Morgan fingerprint density at radius 2 is 1.50 bits per heavy atom. The maximum absolute atomic E-state index is 13.3. The number of Topliss-reactive ketones (excluding diaryl/α,β-unsaturated/α-hetero) is 1. The van der Waals surface area contributed by atoms with Crippen molar-refractivity contribution >= 4 is 23.1 Å². The second-order valence-corrected chi connectivity index (χ2v) is 7.47. The third kappa shape index (κ3) is 3.69. The molecule has 34 heavy (non-hydrogen) atoms. The molecule has 1 unspecified atom stereocenters. The number of aromatic hydroxyl groups is 1. The SMILES string of the molecule is COc1cccc(C2/C(=C(\O)c3c(OC)cccc3OC)C(=O)C(=O)N2c2ccccc2O)c1. The van der Waals surface area contributed by atoms with Crippen molar-refractivity contribution in [2.75, 3.05) is 26.2 Å². The number of phenolic OH excluding ortho intramolecular Hbond substituents is 1. The molecule has 1 saturated heterocycles. The molecule has 3 aromatic rings. The molecular weight excluding hydrogens is 438 g/mol. The Morgan fingerprint density at radius 3 is 2.12 bits per heavy atom. The summed E-state index contributed by atoms with van der Waals surface area (Å²) < 4.78 is 16.1. The van der Waals surface area contributed by atoms with Crippen LogP contribution in [0.1, 0.15) is 17.2 Å². The number of hydrogen-bond donors (Lipinski definition) is 2. The summed E-state index contributed by atoms with van der Waals surface area (Å²) in [4.78, 5) is 27.8. The molecule has 1 aliphatic rings. The van der Waals surface area contributed by atoms with Crippen LogP contribution in [0, 0.1) is 0 Å². The van der Waals surface area contributed by atoms with Gasteiger partial charge in [-0.2, -0.15) is 0 Å². The highest BCUT2D eigenvalue weighted by Gasteiger charge is 2.48. The zero-order valence-corrected chi connectivity index (χ0v) is 18.8. The number of hydrogen-bond acceptors (Lipinski definition) is 7. The summed E-state index contributed by atoms with van der Waals surface area (Å²) in [6.45, 7) is 0. The molecule has 8 heteroatoms. The summed E-state index contributed by atoms with van der Waals surface area (Å²) in [5.74, 6) is -1.45. The molecule has 0 bridgehead atoms. The van der Waals surface area contributed by atoms with Gasteiger partial charge in [0.15, 0.2) is 0 Å². The van der Waals surface area contributed by atoms with E-state index in [4.69, 9.17) is 14.2 Å². The number of methoxy groups -OCH3 is 3. The largest absolute Gasteiger partial charge is 0.506 e. The van der Waals surface area contributed by atoms with E-state index in [2.05, 4.69) is 0 Å². The van der Waals surface area contributed by atoms with E-state index in [0.29, 0.717) is 11.3 Å². The number of aliphatic hydroxyl groups excluding tert-OH is 1. The fourth-order valence-corrected chi connectivity index (χ4v) is 4.10. The van der Waals surface area contributed by atoms with Gasteiger partial charge in [-0.1, -0.05) is 30.3 Å². The first-order chi connectivity index (χ1) is 16.4. The summed E-state index contributed by atoms with van der Waals surface area (Å²) in [5, 5.41) is 21.9. The van der Waals surface area contributed by atoms with E-state index < -0.39 is 23.5 Å². The molecule has 0 aromatic heterocycles. The quantitative estimate of drug-likeness (QED) is 0.324. The first-order valence-corrected chi connectivity index (χ1v) is 10.4. The van der Waals surface area contributed by atoms with Crippen LogP contribution in [0.2, 0.25) is 0 Å². The lowest BCUT2D eigenvalue weighted by molar-refractivity contribution is -0.132. The lowest BCUT2D eigenvalue weighted by atomic mass is 9.94. The number of nitrogens with zero attached hydrogens (tertiary/aromatic N) is 1. The third-order valence-electron chi connectivity index (χ3n) is 5.66. The summed E-state index contributed by atoms with van der Waals surface area (Å²) in [7, 11) is 4.34. The second-order valence-electron chi connectivity index (χ2n) is 7.47. The van der Waals surface area contributed by atoms with Gasteiger partial charge in [0.2, 0.25) is 0 Å². The predicted molar refractivity (Wildman–Crippen MR) is 125 cm³/mol. The van der Waals surface area contributed by atoms with E-state index in [-0.39, 0.29) is 34.1 Å². The normalized spacial score (nSPS) is 17.0. The van der Waals surface area contributed by atoms with Crippen LogP contribution in [0.15, 0.2) is 72.3 Å². The lowest BCUT2D eigenvalue weighted by Gasteiger charge is -2.26. The molecule has 0 aliphatic carbocycles. The van der Waals surface area contributed by atoms with Crippen LogP contribution < -0.4 is 19.1 Å².